The summed E-state index contributed by atoms with van der Waals surface area (Å²) >= 11 is 2.68. The molecule has 1 saturated heterocycles. The molecule has 1 fully saturated rings. The number of rotatable bonds is 6. The number of benzene rings is 1. The molecule has 168 valence electrons. The van der Waals surface area contributed by atoms with E-state index in [-0.39, 0.29) is 23.8 Å². The summed E-state index contributed by atoms with van der Waals surface area (Å²) in [6, 6.07) is 3.36. The zero-order valence-corrected chi connectivity index (χ0v) is 19.0. The van der Waals surface area contributed by atoms with Gasteiger partial charge in [-0.3, -0.25) is 4.79 Å². The van der Waals surface area contributed by atoms with Crippen molar-refractivity contribution in [1.82, 2.24) is 14.9 Å². The second-order valence-corrected chi connectivity index (χ2v) is 9.14. The molecular weight excluding hydrogens is 456 g/mol. The van der Waals surface area contributed by atoms with Crippen molar-refractivity contribution in [3.8, 4) is 10.6 Å². The van der Waals surface area contributed by atoms with Gasteiger partial charge in [0.25, 0.3) is 0 Å². The normalized spacial score (nSPS) is 14.5. The van der Waals surface area contributed by atoms with Crippen molar-refractivity contribution in [1.29, 1.82) is 0 Å². The van der Waals surface area contributed by atoms with Gasteiger partial charge in [-0.05, 0) is 31.9 Å². The maximum atomic E-state index is 14.0. The summed E-state index contributed by atoms with van der Waals surface area (Å²) in [5.41, 5.74) is 1.13. The zero-order valence-electron chi connectivity index (χ0n) is 17.3. The molecule has 1 aliphatic heterocycles. The van der Waals surface area contributed by atoms with Crippen molar-refractivity contribution in [3.05, 3.63) is 57.0 Å². The van der Waals surface area contributed by atoms with Crippen LogP contribution >= 0.6 is 22.7 Å². The number of piperidine rings is 1. The fourth-order valence-corrected chi connectivity index (χ4v) is 5.40. The fraction of sp³-hybridized carbons (Fsp3) is 0.364. The summed E-state index contributed by atoms with van der Waals surface area (Å²) in [4.78, 5) is 35.1. The van der Waals surface area contributed by atoms with Gasteiger partial charge in [0.15, 0.2) is 5.69 Å². The van der Waals surface area contributed by atoms with E-state index >= 15 is 0 Å². The molecule has 0 spiro atoms. The number of likely N-dealkylation sites (tertiary alicyclic amines) is 1. The summed E-state index contributed by atoms with van der Waals surface area (Å²) in [6.07, 6.45) is 1.67. The van der Waals surface area contributed by atoms with Gasteiger partial charge in [-0.15, -0.1) is 22.7 Å². The molecule has 0 radical (unpaired) electrons. The highest BCUT2D eigenvalue weighted by Gasteiger charge is 2.27. The summed E-state index contributed by atoms with van der Waals surface area (Å²) in [5.74, 6) is -1.55. The number of carbonyl (C=O) groups excluding carboxylic acids is 2. The molecule has 2 aromatic heterocycles. The predicted octanol–water partition coefficient (Wildman–Crippen LogP) is 4.67. The van der Waals surface area contributed by atoms with E-state index in [2.05, 4.69) is 9.97 Å². The second-order valence-electron chi connectivity index (χ2n) is 7.39. The van der Waals surface area contributed by atoms with E-state index in [4.69, 9.17) is 4.74 Å². The van der Waals surface area contributed by atoms with Crippen molar-refractivity contribution >= 4 is 34.6 Å². The first-order valence-electron chi connectivity index (χ1n) is 10.2. The smallest absolute Gasteiger partial charge is 0.357 e. The zero-order chi connectivity index (χ0) is 22.7. The van der Waals surface area contributed by atoms with Crippen molar-refractivity contribution in [3.63, 3.8) is 0 Å². The van der Waals surface area contributed by atoms with Crippen LogP contribution in [-0.2, 0) is 16.0 Å². The summed E-state index contributed by atoms with van der Waals surface area (Å²) in [5, 5.41) is 4.76. The van der Waals surface area contributed by atoms with Crippen molar-refractivity contribution in [2.45, 2.75) is 32.1 Å². The minimum Gasteiger partial charge on any atom is -0.461 e. The fourth-order valence-electron chi connectivity index (χ4n) is 3.59. The van der Waals surface area contributed by atoms with Crippen LogP contribution in [0.3, 0.4) is 0 Å². The third-order valence-corrected chi connectivity index (χ3v) is 7.18. The molecule has 10 heteroatoms. The molecular formula is C22H21F2N3O3S2. The molecule has 0 unspecified atom stereocenters. The van der Waals surface area contributed by atoms with Gasteiger partial charge in [0.2, 0.25) is 5.91 Å². The average Bonchev–Trinajstić information content (AvgIpc) is 3.44. The Balaban J connectivity index is 1.32. The summed E-state index contributed by atoms with van der Waals surface area (Å²) in [7, 11) is 0. The van der Waals surface area contributed by atoms with Crippen LogP contribution < -0.4 is 0 Å². The van der Waals surface area contributed by atoms with Crippen LogP contribution in [0.4, 0.5) is 8.78 Å². The molecule has 1 aromatic carbocycles. The predicted molar refractivity (Wildman–Crippen MR) is 118 cm³/mol. The van der Waals surface area contributed by atoms with Crippen molar-refractivity contribution < 1.29 is 23.1 Å². The van der Waals surface area contributed by atoms with Crippen LogP contribution in [-0.4, -0.2) is 46.4 Å². The molecule has 0 bridgehead atoms. The number of hydrogen-bond donors (Lipinski definition) is 0. The molecule has 0 saturated carbocycles. The summed E-state index contributed by atoms with van der Waals surface area (Å²) < 4.78 is 32.1. The van der Waals surface area contributed by atoms with Gasteiger partial charge in [-0.25, -0.2) is 23.5 Å². The number of nitrogens with zero attached hydrogens (tertiary/aromatic N) is 3. The molecule has 0 atom stereocenters. The molecule has 6 nitrogen and oxygen atoms in total. The Morgan fingerprint density at radius 2 is 1.94 bits per heavy atom. The van der Waals surface area contributed by atoms with E-state index in [0.717, 1.165) is 23.9 Å². The molecule has 0 N–H and O–H groups in total. The van der Waals surface area contributed by atoms with Gasteiger partial charge in [0, 0.05) is 41.4 Å². The third kappa shape index (κ3) is 5.02. The summed E-state index contributed by atoms with van der Waals surface area (Å²) in [6.45, 7) is 3.26. The lowest BCUT2D eigenvalue weighted by molar-refractivity contribution is -0.131. The Labute approximate surface area is 191 Å². The number of thiazole rings is 2. The van der Waals surface area contributed by atoms with Gasteiger partial charge in [0.1, 0.15) is 16.6 Å². The number of esters is 1. The maximum absolute atomic E-state index is 14.0. The van der Waals surface area contributed by atoms with Crippen LogP contribution in [0.2, 0.25) is 0 Å². The van der Waals surface area contributed by atoms with E-state index in [1.54, 1.807) is 22.6 Å². The van der Waals surface area contributed by atoms with Crippen LogP contribution in [0.25, 0.3) is 10.6 Å². The SMILES string of the molecule is CCOC(=O)c1csc(C2CCN(C(=O)Cc3csc(-c4ccc(F)cc4F)n3)CC2)n1. The Morgan fingerprint density at radius 1 is 1.16 bits per heavy atom. The number of amides is 1. The van der Waals surface area contributed by atoms with Crippen LogP contribution in [0.5, 0.6) is 0 Å². The first-order valence-corrected chi connectivity index (χ1v) is 12.0. The monoisotopic (exact) mass is 477 g/mol. The van der Waals surface area contributed by atoms with E-state index in [1.807, 2.05) is 0 Å². The highest BCUT2D eigenvalue weighted by atomic mass is 32.1. The quantitative estimate of drug-likeness (QED) is 0.483. The van der Waals surface area contributed by atoms with Gasteiger partial charge in [-0.2, -0.15) is 0 Å². The molecule has 3 aromatic rings. The highest BCUT2D eigenvalue weighted by Crippen LogP contribution is 2.31. The van der Waals surface area contributed by atoms with E-state index in [0.29, 0.717) is 36.1 Å². The highest BCUT2D eigenvalue weighted by molar-refractivity contribution is 7.13. The number of hydrogen-bond acceptors (Lipinski definition) is 7. The van der Waals surface area contributed by atoms with Crippen molar-refractivity contribution in [2.24, 2.45) is 0 Å². The number of carbonyl (C=O) groups is 2. The van der Waals surface area contributed by atoms with Crippen LogP contribution in [0.15, 0.2) is 29.0 Å². The van der Waals surface area contributed by atoms with Gasteiger partial charge in [0.05, 0.1) is 23.7 Å². The number of aromatic nitrogens is 2. The lowest BCUT2D eigenvalue weighted by Gasteiger charge is -2.31. The van der Waals surface area contributed by atoms with Gasteiger partial charge >= 0.3 is 5.97 Å². The third-order valence-electron chi connectivity index (χ3n) is 5.25. The first-order chi connectivity index (χ1) is 15.4. The molecule has 32 heavy (non-hydrogen) atoms. The number of halogens is 2. The Hall–Kier alpha value is -2.72. The van der Waals surface area contributed by atoms with E-state index in [1.165, 1.54) is 34.8 Å². The average molecular weight is 478 g/mol. The van der Waals surface area contributed by atoms with E-state index < -0.39 is 17.6 Å². The second kappa shape index (κ2) is 9.83. The van der Waals surface area contributed by atoms with Crippen LogP contribution in [0, 0.1) is 11.6 Å². The lowest BCUT2D eigenvalue weighted by Crippen LogP contribution is -2.38. The minimum absolute atomic E-state index is 0.0359. The van der Waals surface area contributed by atoms with Gasteiger partial charge < -0.3 is 9.64 Å². The van der Waals surface area contributed by atoms with Crippen molar-refractivity contribution in [2.75, 3.05) is 19.7 Å². The minimum atomic E-state index is -0.674. The number of ether oxygens (including phenoxy) is 1. The lowest BCUT2D eigenvalue weighted by atomic mass is 9.97. The van der Waals surface area contributed by atoms with Crippen LogP contribution in [0.1, 0.15) is 46.9 Å². The first kappa shape index (κ1) is 22.5. The van der Waals surface area contributed by atoms with Gasteiger partial charge in [-0.1, -0.05) is 0 Å². The Bertz CT molecular complexity index is 1120. The molecule has 1 amide bonds. The molecule has 0 aliphatic carbocycles. The maximum Gasteiger partial charge on any atom is 0.357 e. The molecule has 1 aliphatic rings. The standard InChI is InChI=1S/C22H21F2N3O3S2/c1-2-30-22(29)18-12-32-20(26-18)13-5-7-27(8-6-13)19(28)10-15-11-31-21(25-15)16-4-3-14(23)9-17(16)24/h3-4,9,11-13H,2,5-8,10H2,1H3. The topological polar surface area (TPSA) is 72.4 Å². The Kier molecular flexibility index (Phi) is 6.90. The largest absolute Gasteiger partial charge is 0.461 e. The van der Waals surface area contributed by atoms with E-state index in [9.17, 15) is 18.4 Å². The Morgan fingerprint density at radius 3 is 2.66 bits per heavy atom. The molecule has 3 heterocycles. The molecule has 4 rings (SSSR count).